The first kappa shape index (κ1) is 18.3. The summed E-state index contributed by atoms with van der Waals surface area (Å²) in [6.07, 6.45) is 2.33. The predicted octanol–water partition coefficient (Wildman–Crippen LogP) is 5.76. The molecular formula is C23H23N3O2S. The van der Waals surface area contributed by atoms with Crippen LogP contribution in [-0.4, -0.2) is 27.8 Å². The molecule has 29 heavy (non-hydrogen) atoms. The van der Waals surface area contributed by atoms with Crippen molar-refractivity contribution in [3.05, 3.63) is 58.1 Å². The maximum atomic E-state index is 13.4. The number of hydrogen-bond donors (Lipinski definition) is 0. The molecule has 1 aromatic carbocycles. The standard InChI is InChI=1S/C23H23N3O2S/c1-12-19-13(2)24-21(15-9-10-15)25-22(19)29-20(12)23(27)26(4)14(3)18-11-16-7-5-6-8-17(16)28-18/h5-8,11,14-15H,9-10H2,1-4H3. The van der Waals surface area contributed by atoms with E-state index in [2.05, 4.69) is 0 Å². The fourth-order valence-electron chi connectivity index (χ4n) is 3.82. The normalized spacial score (nSPS) is 15.2. The molecule has 148 valence electrons. The summed E-state index contributed by atoms with van der Waals surface area (Å²) in [4.78, 5) is 26.2. The van der Waals surface area contributed by atoms with Gasteiger partial charge in [-0.3, -0.25) is 4.79 Å². The van der Waals surface area contributed by atoms with Gasteiger partial charge in [-0.15, -0.1) is 11.3 Å². The van der Waals surface area contributed by atoms with Crippen LogP contribution in [0.25, 0.3) is 21.2 Å². The fraction of sp³-hybridized carbons (Fsp3) is 0.348. The zero-order valence-corrected chi connectivity index (χ0v) is 17.8. The van der Waals surface area contributed by atoms with E-state index in [-0.39, 0.29) is 11.9 Å². The Balaban J connectivity index is 1.49. The van der Waals surface area contributed by atoms with E-state index < -0.39 is 0 Å². The molecule has 3 aromatic heterocycles. The molecule has 5 rings (SSSR count). The Kier molecular flexibility index (Phi) is 4.21. The first-order chi connectivity index (χ1) is 13.9. The maximum Gasteiger partial charge on any atom is 0.264 e. The number of nitrogens with zero attached hydrogens (tertiary/aromatic N) is 3. The van der Waals surface area contributed by atoms with Crippen LogP contribution in [0, 0.1) is 13.8 Å². The smallest absolute Gasteiger partial charge is 0.264 e. The van der Waals surface area contributed by atoms with Crippen LogP contribution in [0.15, 0.2) is 34.7 Å². The summed E-state index contributed by atoms with van der Waals surface area (Å²) in [5.41, 5.74) is 2.78. The van der Waals surface area contributed by atoms with Gasteiger partial charge in [0.25, 0.3) is 5.91 Å². The molecule has 0 bridgehead atoms. The Morgan fingerprint density at radius 3 is 2.72 bits per heavy atom. The molecule has 5 nitrogen and oxygen atoms in total. The van der Waals surface area contributed by atoms with Gasteiger partial charge in [0.05, 0.1) is 16.6 Å². The second-order valence-corrected chi connectivity index (χ2v) is 8.96. The van der Waals surface area contributed by atoms with Crippen molar-refractivity contribution in [1.82, 2.24) is 14.9 Å². The zero-order valence-electron chi connectivity index (χ0n) is 17.0. The molecule has 1 fully saturated rings. The van der Waals surface area contributed by atoms with E-state index in [4.69, 9.17) is 14.4 Å². The number of aromatic nitrogens is 2. The summed E-state index contributed by atoms with van der Waals surface area (Å²) in [5, 5.41) is 2.07. The molecule has 4 aromatic rings. The third-order valence-corrected chi connectivity index (χ3v) is 7.06. The number of carbonyl (C=O) groups is 1. The average molecular weight is 406 g/mol. The number of amides is 1. The number of thiophene rings is 1. The quantitative estimate of drug-likeness (QED) is 0.433. The molecule has 1 saturated carbocycles. The summed E-state index contributed by atoms with van der Waals surface area (Å²) in [7, 11) is 1.83. The molecule has 0 spiro atoms. The van der Waals surface area contributed by atoms with Gasteiger partial charge in [-0.2, -0.15) is 0 Å². The van der Waals surface area contributed by atoms with E-state index in [0.717, 1.165) is 48.9 Å². The van der Waals surface area contributed by atoms with E-state index >= 15 is 0 Å². The zero-order chi connectivity index (χ0) is 20.3. The van der Waals surface area contributed by atoms with E-state index in [1.807, 2.05) is 58.2 Å². The fourth-order valence-corrected chi connectivity index (χ4v) is 5.04. The molecule has 0 N–H and O–H groups in total. The Hall–Kier alpha value is -2.73. The summed E-state index contributed by atoms with van der Waals surface area (Å²) in [6.45, 7) is 6.01. The predicted molar refractivity (Wildman–Crippen MR) is 116 cm³/mol. The molecule has 0 saturated heterocycles. The average Bonchev–Trinajstić information content (AvgIpc) is 3.39. The third kappa shape index (κ3) is 3.02. The summed E-state index contributed by atoms with van der Waals surface area (Å²) >= 11 is 1.48. The molecule has 6 heteroatoms. The minimum atomic E-state index is -0.172. The lowest BCUT2D eigenvalue weighted by molar-refractivity contribution is 0.0732. The van der Waals surface area contributed by atoms with Crippen LogP contribution in [0.3, 0.4) is 0 Å². The molecule has 3 heterocycles. The van der Waals surface area contributed by atoms with Crippen molar-refractivity contribution in [2.45, 2.75) is 45.6 Å². The molecule has 1 aliphatic carbocycles. The van der Waals surface area contributed by atoms with E-state index in [0.29, 0.717) is 5.92 Å². The summed E-state index contributed by atoms with van der Waals surface area (Å²) < 4.78 is 5.98. The number of aryl methyl sites for hydroxylation is 2. The van der Waals surface area contributed by atoms with Crippen molar-refractivity contribution < 1.29 is 9.21 Å². The Morgan fingerprint density at radius 1 is 1.24 bits per heavy atom. The maximum absolute atomic E-state index is 13.4. The van der Waals surface area contributed by atoms with Gasteiger partial charge in [-0.05, 0) is 51.3 Å². The Labute approximate surface area is 173 Å². The highest BCUT2D eigenvalue weighted by Gasteiger charge is 2.30. The molecule has 1 unspecified atom stereocenters. The number of rotatable bonds is 4. The van der Waals surface area contributed by atoms with Crippen LogP contribution in [-0.2, 0) is 0 Å². The van der Waals surface area contributed by atoms with Gasteiger partial charge < -0.3 is 9.32 Å². The molecule has 1 atom stereocenters. The lowest BCUT2D eigenvalue weighted by Gasteiger charge is -2.23. The van der Waals surface area contributed by atoms with Gasteiger partial charge in [-0.25, -0.2) is 9.97 Å². The van der Waals surface area contributed by atoms with Crippen LogP contribution >= 0.6 is 11.3 Å². The molecule has 0 aliphatic heterocycles. The van der Waals surface area contributed by atoms with E-state index in [1.165, 1.54) is 24.2 Å². The van der Waals surface area contributed by atoms with Gasteiger partial charge in [0.15, 0.2) is 0 Å². The number of para-hydroxylation sites is 1. The first-order valence-corrected chi connectivity index (χ1v) is 10.8. The van der Waals surface area contributed by atoms with E-state index in [1.54, 1.807) is 4.90 Å². The highest BCUT2D eigenvalue weighted by atomic mass is 32.1. The Morgan fingerprint density at radius 2 is 2.00 bits per heavy atom. The van der Waals surface area contributed by atoms with Gasteiger partial charge in [-0.1, -0.05) is 18.2 Å². The first-order valence-electron chi connectivity index (χ1n) is 9.97. The van der Waals surface area contributed by atoms with Crippen molar-refractivity contribution in [2.75, 3.05) is 7.05 Å². The monoisotopic (exact) mass is 405 g/mol. The molecule has 0 radical (unpaired) electrons. The van der Waals surface area contributed by atoms with Crippen LogP contribution in [0.5, 0.6) is 0 Å². The second kappa shape index (κ2) is 6.66. The number of hydrogen-bond acceptors (Lipinski definition) is 5. The SMILES string of the molecule is Cc1nc(C2CC2)nc2sc(C(=O)N(C)C(C)c3cc4ccccc4o3)c(C)c12. The highest BCUT2D eigenvalue weighted by Crippen LogP contribution is 2.41. The minimum absolute atomic E-state index is 0.00849. The number of furan rings is 1. The topological polar surface area (TPSA) is 59.2 Å². The summed E-state index contributed by atoms with van der Waals surface area (Å²) in [5.74, 6) is 2.20. The lowest BCUT2D eigenvalue weighted by Crippen LogP contribution is -2.29. The van der Waals surface area contributed by atoms with Gasteiger partial charge >= 0.3 is 0 Å². The van der Waals surface area contributed by atoms with Crippen LogP contribution in [0.2, 0.25) is 0 Å². The van der Waals surface area contributed by atoms with Crippen LogP contribution in [0.1, 0.15) is 64.2 Å². The second-order valence-electron chi connectivity index (χ2n) is 7.96. The molecule has 1 amide bonds. The van der Waals surface area contributed by atoms with Crippen molar-refractivity contribution in [1.29, 1.82) is 0 Å². The van der Waals surface area contributed by atoms with Crippen molar-refractivity contribution in [2.24, 2.45) is 0 Å². The van der Waals surface area contributed by atoms with Crippen molar-refractivity contribution in [3.63, 3.8) is 0 Å². The van der Waals surface area contributed by atoms with E-state index in [9.17, 15) is 4.79 Å². The third-order valence-electron chi connectivity index (χ3n) is 5.88. The highest BCUT2D eigenvalue weighted by molar-refractivity contribution is 7.20. The van der Waals surface area contributed by atoms with Crippen LogP contribution in [0.4, 0.5) is 0 Å². The molecule has 1 aliphatic rings. The minimum Gasteiger partial charge on any atom is -0.459 e. The number of carbonyl (C=O) groups excluding carboxylic acids is 1. The van der Waals surface area contributed by atoms with Crippen molar-refractivity contribution >= 4 is 38.4 Å². The van der Waals surface area contributed by atoms with Gasteiger partial charge in [0.2, 0.25) is 0 Å². The number of benzene rings is 1. The van der Waals surface area contributed by atoms with Crippen LogP contribution < -0.4 is 0 Å². The molecular weight excluding hydrogens is 382 g/mol. The largest absolute Gasteiger partial charge is 0.459 e. The van der Waals surface area contributed by atoms with Crippen molar-refractivity contribution in [3.8, 4) is 0 Å². The summed E-state index contributed by atoms with van der Waals surface area (Å²) in [6, 6.07) is 9.75. The van der Waals surface area contributed by atoms with Gasteiger partial charge in [0.1, 0.15) is 22.0 Å². The Bertz CT molecular complexity index is 1220. The lowest BCUT2D eigenvalue weighted by atomic mass is 10.1. The van der Waals surface area contributed by atoms with Gasteiger partial charge in [0, 0.05) is 23.7 Å². The number of fused-ring (bicyclic) bond motifs is 2.